The largest absolute Gasteiger partial charge is 0.292 e. The number of rotatable bonds is 0. The van der Waals surface area contributed by atoms with Crippen LogP contribution in [0.15, 0.2) is 66.7 Å². The van der Waals surface area contributed by atoms with Crippen molar-refractivity contribution in [2.24, 2.45) is 0 Å². The smallest absolute Gasteiger partial charge is 0.179 e. The van der Waals surface area contributed by atoms with Crippen LogP contribution < -0.4 is 0 Å². The third kappa shape index (κ3) is 1.96. The molecule has 0 radical (unpaired) electrons. The van der Waals surface area contributed by atoms with E-state index in [0.29, 0.717) is 11.2 Å². The van der Waals surface area contributed by atoms with Crippen LogP contribution in [-0.4, -0.2) is 14.4 Å². The van der Waals surface area contributed by atoms with E-state index in [4.69, 9.17) is 0 Å². The third-order valence-electron chi connectivity index (χ3n) is 5.45. The fraction of sp³-hybridized carbons (Fsp3) is 0. The maximum atomic E-state index is 9.49. The molecular weight excluding hydrogens is 358 g/mol. The van der Waals surface area contributed by atoms with Crippen molar-refractivity contribution < 1.29 is 0 Å². The topological polar surface area (TPSA) is 77.8 Å². The van der Waals surface area contributed by atoms with Crippen molar-refractivity contribution >= 4 is 49.1 Å². The Morgan fingerprint density at radius 3 is 2.24 bits per heavy atom. The van der Waals surface area contributed by atoms with Crippen molar-refractivity contribution in [1.29, 1.82) is 10.5 Å². The van der Waals surface area contributed by atoms with E-state index in [1.807, 2.05) is 48.5 Å². The SMILES string of the molecule is N#Cc1nc2c3ccc4ccccc4c3c3cc4ccccc4n3c2nc1C#N. The molecule has 6 rings (SSSR count). The molecule has 0 saturated heterocycles. The van der Waals surface area contributed by atoms with Crippen LogP contribution in [0.3, 0.4) is 0 Å². The maximum absolute atomic E-state index is 9.49. The van der Waals surface area contributed by atoms with Gasteiger partial charge in [0.2, 0.25) is 0 Å². The van der Waals surface area contributed by atoms with Crippen molar-refractivity contribution in [3.05, 3.63) is 78.1 Å². The predicted molar refractivity (Wildman–Crippen MR) is 112 cm³/mol. The lowest BCUT2D eigenvalue weighted by molar-refractivity contribution is 1.15. The third-order valence-corrected chi connectivity index (χ3v) is 5.45. The Labute approximate surface area is 164 Å². The first-order chi connectivity index (χ1) is 14.3. The molecule has 0 fully saturated rings. The highest BCUT2D eigenvalue weighted by atomic mass is 15.0. The van der Waals surface area contributed by atoms with Crippen LogP contribution in [0, 0.1) is 22.7 Å². The molecule has 0 atom stereocenters. The lowest BCUT2D eigenvalue weighted by atomic mass is 10.0. The monoisotopic (exact) mass is 369 g/mol. The lowest BCUT2D eigenvalue weighted by Crippen LogP contribution is -2.01. The fourth-order valence-corrected chi connectivity index (χ4v) is 4.23. The molecule has 0 aliphatic heterocycles. The van der Waals surface area contributed by atoms with Gasteiger partial charge in [0.1, 0.15) is 17.7 Å². The predicted octanol–water partition coefficient (Wildman–Crippen LogP) is 5.09. The Morgan fingerprint density at radius 1 is 0.690 bits per heavy atom. The molecule has 3 aromatic heterocycles. The zero-order chi connectivity index (χ0) is 19.5. The normalized spacial score (nSPS) is 11.4. The first-order valence-corrected chi connectivity index (χ1v) is 9.16. The Balaban J connectivity index is 2.04. The summed E-state index contributed by atoms with van der Waals surface area (Å²) in [5.41, 5.74) is 3.29. The first-order valence-electron chi connectivity index (χ1n) is 9.16. The van der Waals surface area contributed by atoms with Gasteiger partial charge in [0.25, 0.3) is 0 Å². The molecule has 29 heavy (non-hydrogen) atoms. The molecule has 0 amide bonds. The van der Waals surface area contributed by atoms with Gasteiger partial charge < -0.3 is 0 Å². The molecular formula is C24H11N5. The van der Waals surface area contributed by atoms with Crippen molar-refractivity contribution in [2.45, 2.75) is 0 Å². The van der Waals surface area contributed by atoms with E-state index in [-0.39, 0.29) is 11.4 Å². The summed E-state index contributed by atoms with van der Waals surface area (Å²) in [6.45, 7) is 0. The molecule has 0 spiro atoms. The number of pyridine rings is 1. The summed E-state index contributed by atoms with van der Waals surface area (Å²) in [7, 11) is 0. The molecule has 3 aromatic carbocycles. The van der Waals surface area contributed by atoms with Crippen LogP contribution in [0.4, 0.5) is 0 Å². The van der Waals surface area contributed by atoms with Gasteiger partial charge in [-0.25, -0.2) is 9.97 Å². The molecule has 3 heterocycles. The van der Waals surface area contributed by atoms with Crippen molar-refractivity contribution in [2.75, 3.05) is 0 Å². The number of nitrogens with zero attached hydrogens (tertiary/aromatic N) is 5. The van der Waals surface area contributed by atoms with Crippen LogP contribution in [0.5, 0.6) is 0 Å². The molecule has 6 aromatic rings. The summed E-state index contributed by atoms with van der Waals surface area (Å²) >= 11 is 0. The van der Waals surface area contributed by atoms with Crippen LogP contribution in [-0.2, 0) is 0 Å². The molecule has 0 bridgehead atoms. The highest BCUT2D eigenvalue weighted by Crippen LogP contribution is 2.36. The number of hydrogen-bond donors (Lipinski definition) is 0. The quantitative estimate of drug-likeness (QED) is 0.350. The maximum Gasteiger partial charge on any atom is 0.179 e. The second kappa shape index (κ2) is 5.51. The summed E-state index contributed by atoms with van der Waals surface area (Å²) < 4.78 is 2.05. The highest BCUT2D eigenvalue weighted by Gasteiger charge is 2.18. The van der Waals surface area contributed by atoms with Crippen LogP contribution in [0.1, 0.15) is 11.4 Å². The number of fused-ring (bicyclic) bond motifs is 10. The molecule has 0 aliphatic carbocycles. The van der Waals surface area contributed by atoms with E-state index in [2.05, 4.69) is 44.7 Å². The average Bonchev–Trinajstić information content (AvgIpc) is 3.17. The Bertz CT molecular complexity index is 1730. The average molecular weight is 369 g/mol. The zero-order valence-electron chi connectivity index (χ0n) is 15.1. The molecule has 132 valence electrons. The zero-order valence-corrected chi connectivity index (χ0v) is 15.1. The number of aromatic nitrogens is 3. The summed E-state index contributed by atoms with van der Waals surface area (Å²) in [6.07, 6.45) is 0. The minimum Gasteiger partial charge on any atom is -0.292 e. The van der Waals surface area contributed by atoms with Gasteiger partial charge in [0.15, 0.2) is 17.0 Å². The van der Waals surface area contributed by atoms with E-state index in [1.165, 1.54) is 0 Å². The van der Waals surface area contributed by atoms with Gasteiger partial charge in [0.05, 0.1) is 11.0 Å². The van der Waals surface area contributed by atoms with Gasteiger partial charge >= 0.3 is 0 Å². The first kappa shape index (κ1) is 15.6. The molecule has 0 unspecified atom stereocenters. The van der Waals surface area contributed by atoms with E-state index < -0.39 is 0 Å². The number of benzene rings is 3. The van der Waals surface area contributed by atoms with E-state index >= 15 is 0 Å². The van der Waals surface area contributed by atoms with Gasteiger partial charge in [0, 0.05) is 16.2 Å². The van der Waals surface area contributed by atoms with Crippen LogP contribution in [0.2, 0.25) is 0 Å². The van der Waals surface area contributed by atoms with E-state index in [9.17, 15) is 10.5 Å². The van der Waals surface area contributed by atoms with Crippen molar-refractivity contribution in [1.82, 2.24) is 14.4 Å². The Kier molecular flexibility index (Phi) is 2.96. The van der Waals surface area contributed by atoms with E-state index in [0.717, 1.165) is 38.0 Å². The number of hydrogen-bond acceptors (Lipinski definition) is 4. The summed E-state index contributed by atoms with van der Waals surface area (Å²) in [5.74, 6) is 0. The second-order valence-corrected chi connectivity index (χ2v) is 6.95. The van der Waals surface area contributed by atoms with Crippen molar-refractivity contribution in [3.63, 3.8) is 0 Å². The standard InChI is InChI=1S/C24H11N5/c25-12-18-19(13-26)28-24-23(27-18)17-10-9-14-5-1-3-7-16(14)22(17)21-11-15-6-2-4-8-20(15)29(21)24/h1-11H. The van der Waals surface area contributed by atoms with Gasteiger partial charge in [-0.2, -0.15) is 10.5 Å². The molecule has 0 N–H and O–H groups in total. The van der Waals surface area contributed by atoms with Gasteiger partial charge in [-0.1, -0.05) is 54.6 Å². The molecule has 0 saturated carbocycles. The Morgan fingerprint density at radius 2 is 1.41 bits per heavy atom. The Hall–Kier alpha value is -4.48. The van der Waals surface area contributed by atoms with E-state index in [1.54, 1.807) is 0 Å². The van der Waals surface area contributed by atoms with Gasteiger partial charge in [-0.15, -0.1) is 0 Å². The van der Waals surface area contributed by atoms with Gasteiger partial charge in [-0.3, -0.25) is 4.40 Å². The summed E-state index contributed by atoms with van der Waals surface area (Å²) in [5, 5.41) is 24.3. The van der Waals surface area contributed by atoms with Crippen LogP contribution in [0.25, 0.3) is 49.1 Å². The summed E-state index contributed by atoms with van der Waals surface area (Å²) in [6, 6.07) is 26.6. The molecule has 5 heteroatoms. The highest BCUT2D eigenvalue weighted by molar-refractivity contribution is 6.23. The second-order valence-electron chi connectivity index (χ2n) is 6.95. The molecule has 0 aliphatic rings. The fourth-order valence-electron chi connectivity index (χ4n) is 4.23. The van der Waals surface area contributed by atoms with Crippen LogP contribution >= 0.6 is 0 Å². The van der Waals surface area contributed by atoms with Crippen molar-refractivity contribution in [3.8, 4) is 12.1 Å². The van der Waals surface area contributed by atoms with Gasteiger partial charge in [-0.05, 0) is 22.9 Å². The summed E-state index contributed by atoms with van der Waals surface area (Å²) in [4.78, 5) is 9.13. The lowest BCUT2D eigenvalue weighted by Gasteiger charge is -2.11. The molecule has 5 nitrogen and oxygen atoms in total. The number of nitriles is 2. The number of para-hydroxylation sites is 1. The minimum absolute atomic E-state index is 0.0409. The minimum atomic E-state index is 0.0409.